The summed E-state index contributed by atoms with van der Waals surface area (Å²) in [5, 5.41) is 0. The minimum absolute atomic E-state index is 0. The third kappa shape index (κ3) is 17.8. The van der Waals surface area contributed by atoms with Gasteiger partial charge in [-0.1, -0.05) is 0 Å². The largest absolute Gasteiger partial charge is 0 e. The Labute approximate surface area is 128 Å². The maximum absolute atomic E-state index is 0. The number of hydrogen-bond acceptors (Lipinski definition) is 0. The molecule has 0 aliphatic rings. The Morgan fingerprint density at radius 3 is 0.400 bits per heavy atom. The summed E-state index contributed by atoms with van der Waals surface area (Å²) in [6.07, 6.45) is 0. The van der Waals surface area contributed by atoms with Crippen LogP contribution in [0.5, 0.6) is 0 Å². The normalized spacial score (nSPS) is 0. The molecule has 5 heteroatoms. The molecule has 0 aliphatic heterocycles. The van der Waals surface area contributed by atoms with E-state index >= 15 is 0 Å². The smallest absolute Gasteiger partial charge is 0 e. The Bertz CT molecular complexity index is 3.61. The van der Waals surface area contributed by atoms with Crippen LogP contribution in [0.2, 0.25) is 0 Å². The fourth-order valence-corrected chi connectivity index (χ4v) is 0. The number of rotatable bonds is 0. The van der Waals surface area contributed by atoms with Gasteiger partial charge in [0, 0.05) is 132 Å². The van der Waals surface area contributed by atoms with Gasteiger partial charge in [-0.2, -0.15) is 0 Å². The van der Waals surface area contributed by atoms with E-state index in [-0.39, 0.29) is 132 Å². The van der Waals surface area contributed by atoms with Gasteiger partial charge in [0.2, 0.25) is 0 Å². The molecule has 5 heavy (non-hydrogen) atoms. The van der Waals surface area contributed by atoms with Crippen LogP contribution in [0.1, 0.15) is 0 Å². The van der Waals surface area contributed by atoms with Crippen LogP contribution >= 0.6 is 0 Å². The minimum atomic E-state index is 0. The zero-order chi connectivity index (χ0) is 0. The molecule has 0 fully saturated rings. The Balaban J connectivity index is 0. The standard InChI is InChI=1S/4Hg.Pt. The fourth-order valence-electron chi connectivity index (χ4n) is 0. The summed E-state index contributed by atoms with van der Waals surface area (Å²) >= 11 is 0. The molecule has 0 aromatic carbocycles. The molecule has 0 unspecified atom stereocenters. The van der Waals surface area contributed by atoms with E-state index in [1.807, 2.05) is 0 Å². The monoisotopic (exact) mass is 1000 g/mol. The van der Waals surface area contributed by atoms with Crippen LogP contribution in [0.25, 0.3) is 0 Å². The molecule has 0 saturated heterocycles. The van der Waals surface area contributed by atoms with Crippen LogP contribution < -0.4 is 0 Å². The number of hydrogen-bond donors (Lipinski definition) is 0. The molecule has 0 aromatic heterocycles. The molecule has 0 amide bonds. The maximum atomic E-state index is 0. The van der Waals surface area contributed by atoms with Crippen molar-refractivity contribution in [3.05, 3.63) is 0 Å². The zero-order valence-electron chi connectivity index (χ0n) is 3.14. The average molecular weight is 997 g/mol. The first kappa shape index (κ1) is 34.2. The van der Waals surface area contributed by atoms with Gasteiger partial charge in [-0.25, -0.2) is 0 Å². The van der Waals surface area contributed by atoms with Crippen molar-refractivity contribution in [2.75, 3.05) is 0 Å². The first-order chi connectivity index (χ1) is 0. The summed E-state index contributed by atoms with van der Waals surface area (Å²) in [4.78, 5) is 0. The van der Waals surface area contributed by atoms with Crippen LogP contribution in [0.4, 0.5) is 0 Å². The van der Waals surface area contributed by atoms with Crippen molar-refractivity contribution in [1.82, 2.24) is 0 Å². The van der Waals surface area contributed by atoms with Crippen LogP contribution in [0.15, 0.2) is 0 Å². The van der Waals surface area contributed by atoms with E-state index in [1.54, 1.807) is 0 Å². The van der Waals surface area contributed by atoms with Crippen LogP contribution in [0, 0.1) is 0 Å². The van der Waals surface area contributed by atoms with Crippen molar-refractivity contribution in [1.29, 1.82) is 0 Å². The van der Waals surface area contributed by atoms with Crippen molar-refractivity contribution in [2.24, 2.45) is 0 Å². The Hall–Kier alpha value is 4.43. The average Bonchev–Trinajstić information content (AvgIpc) is 0. The van der Waals surface area contributed by atoms with E-state index < -0.39 is 0 Å². The second-order valence-electron chi connectivity index (χ2n) is 0. The van der Waals surface area contributed by atoms with Gasteiger partial charge < -0.3 is 0 Å². The van der Waals surface area contributed by atoms with Crippen molar-refractivity contribution in [3.8, 4) is 0 Å². The van der Waals surface area contributed by atoms with Crippen LogP contribution in [-0.4, -0.2) is 0 Å². The van der Waals surface area contributed by atoms with E-state index in [4.69, 9.17) is 0 Å². The molecular weight excluding hydrogens is 997 g/mol. The van der Waals surface area contributed by atoms with E-state index in [9.17, 15) is 0 Å². The van der Waals surface area contributed by atoms with Gasteiger partial charge in [0.15, 0.2) is 0 Å². The molecule has 0 saturated carbocycles. The molecular formula is Hg4Pt. The van der Waals surface area contributed by atoms with E-state index in [1.165, 1.54) is 0 Å². The molecule has 0 N–H and O–H groups in total. The molecule has 0 heterocycles. The molecule has 0 aliphatic carbocycles. The van der Waals surface area contributed by atoms with Crippen molar-refractivity contribution >= 4 is 0 Å². The summed E-state index contributed by atoms with van der Waals surface area (Å²) in [6, 6.07) is 0. The van der Waals surface area contributed by atoms with E-state index in [0.29, 0.717) is 0 Å². The van der Waals surface area contributed by atoms with Crippen LogP contribution in [-0.2, 0) is 132 Å². The molecule has 0 nitrogen and oxygen atoms in total. The topological polar surface area (TPSA) is 0 Å². The molecule has 0 aromatic rings. The van der Waals surface area contributed by atoms with Crippen molar-refractivity contribution < 1.29 is 132 Å². The molecule has 0 atom stereocenters. The van der Waals surface area contributed by atoms with Gasteiger partial charge in [-0.15, -0.1) is 0 Å². The predicted octanol–water partition coefficient (Wildman–Crippen LogP) is -0.0125. The molecule has 0 rings (SSSR count). The van der Waals surface area contributed by atoms with Gasteiger partial charge in [-0.3, -0.25) is 0 Å². The van der Waals surface area contributed by atoms with Crippen molar-refractivity contribution in [3.63, 3.8) is 0 Å². The molecule has 0 spiro atoms. The van der Waals surface area contributed by atoms with E-state index in [2.05, 4.69) is 0 Å². The molecule has 0 bridgehead atoms. The van der Waals surface area contributed by atoms with Gasteiger partial charge in [0.1, 0.15) is 0 Å². The van der Waals surface area contributed by atoms with Gasteiger partial charge in [-0.05, 0) is 0 Å². The van der Waals surface area contributed by atoms with Crippen LogP contribution in [0.3, 0.4) is 0 Å². The third-order valence-electron chi connectivity index (χ3n) is 0. The van der Waals surface area contributed by atoms with Gasteiger partial charge >= 0.3 is 0 Å². The Morgan fingerprint density at radius 1 is 0.400 bits per heavy atom. The minimum Gasteiger partial charge on any atom is 0 e. The van der Waals surface area contributed by atoms with Crippen molar-refractivity contribution in [2.45, 2.75) is 0 Å². The predicted molar refractivity (Wildman–Crippen MR) is 0 cm³/mol. The Kier molecular flexibility index (Phi) is 162. The van der Waals surface area contributed by atoms with Gasteiger partial charge in [0.05, 0.1) is 0 Å². The summed E-state index contributed by atoms with van der Waals surface area (Å²) in [7, 11) is 0. The second-order valence-corrected chi connectivity index (χ2v) is 0. The maximum Gasteiger partial charge on any atom is 0 e. The quantitative estimate of drug-likeness (QED) is 0.300. The summed E-state index contributed by atoms with van der Waals surface area (Å²) in [5.41, 5.74) is 0. The molecule has 0 radical (unpaired) electrons. The first-order valence-corrected chi connectivity index (χ1v) is 0. The fraction of sp³-hybridized carbons (Fsp3) is 0. The summed E-state index contributed by atoms with van der Waals surface area (Å²) in [6.45, 7) is 0. The third-order valence-corrected chi connectivity index (χ3v) is 0. The zero-order valence-corrected chi connectivity index (χ0v) is 27.4. The SMILES string of the molecule is [Hg].[Hg].[Hg].[Hg].[Pt]. The summed E-state index contributed by atoms with van der Waals surface area (Å²) in [5.74, 6) is 0. The second kappa shape index (κ2) is 23.7. The first-order valence-electron chi connectivity index (χ1n) is 0. The Morgan fingerprint density at radius 2 is 0.400 bits per heavy atom. The van der Waals surface area contributed by atoms with Gasteiger partial charge in [0.25, 0.3) is 0 Å². The summed E-state index contributed by atoms with van der Waals surface area (Å²) < 4.78 is 0. The van der Waals surface area contributed by atoms with E-state index in [0.717, 1.165) is 0 Å². The molecule has 18 valence electrons.